The van der Waals surface area contributed by atoms with Crippen molar-refractivity contribution >= 4 is 5.78 Å². The second-order valence-corrected chi connectivity index (χ2v) is 6.51. The molecule has 2 N–H and O–H groups in total. The number of aliphatic hydroxyl groups excluding tert-OH is 1. The van der Waals surface area contributed by atoms with E-state index in [9.17, 15) is 15.0 Å². The molecule has 4 atom stereocenters. The van der Waals surface area contributed by atoms with Gasteiger partial charge in [0.1, 0.15) is 0 Å². The zero-order valence-electron chi connectivity index (χ0n) is 11.6. The van der Waals surface area contributed by atoms with Crippen LogP contribution in [-0.4, -0.2) is 28.2 Å². The highest BCUT2D eigenvalue weighted by Crippen LogP contribution is 2.56. The van der Waals surface area contributed by atoms with Gasteiger partial charge in [0.05, 0.1) is 12.2 Å². The summed E-state index contributed by atoms with van der Waals surface area (Å²) in [6.45, 7) is 5.71. The van der Waals surface area contributed by atoms with Crippen LogP contribution in [0.4, 0.5) is 0 Å². The summed E-state index contributed by atoms with van der Waals surface area (Å²) < 4.78 is 0. The van der Waals surface area contributed by atoms with Crippen LogP contribution in [-0.2, 0) is 4.79 Å². The number of hydrogen-bond donors (Lipinski definition) is 2. The molecule has 0 aromatic heterocycles. The average Bonchev–Trinajstić information content (AvgIpc) is 2.73. The van der Waals surface area contributed by atoms with Crippen molar-refractivity contribution < 1.29 is 15.0 Å². The predicted molar refractivity (Wildman–Crippen MR) is 70.0 cm³/mol. The lowest BCUT2D eigenvalue weighted by Gasteiger charge is -2.40. The van der Waals surface area contributed by atoms with E-state index in [1.807, 2.05) is 6.92 Å². The Labute approximate surface area is 109 Å². The van der Waals surface area contributed by atoms with Gasteiger partial charge in [-0.05, 0) is 56.4 Å². The molecule has 18 heavy (non-hydrogen) atoms. The van der Waals surface area contributed by atoms with E-state index < -0.39 is 5.60 Å². The van der Waals surface area contributed by atoms with Gasteiger partial charge in [-0.3, -0.25) is 4.79 Å². The maximum Gasteiger partial charge on any atom is 0.155 e. The van der Waals surface area contributed by atoms with Crippen molar-refractivity contribution in [1.29, 1.82) is 0 Å². The maximum atomic E-state index is 11.6. The minimum Gasteiger partial charge on any atom is -0.393 e. The Morgan fingerprint density at radius 1 is 1.56 bits per heavy atom. The average molecular weight is 252 g/mol. The first-order chi connectivity index (χ1) is 8.32. The zero-order valence-corrected chi connectivity index (χ0v) is 11.6. The first kappa shape index (κ1) is 13.8. The molecule has 3 heteroatoms. The molecular formula is C15H24O3. The van der Waals surface area contributed by atoms with Gasteiger partial charge in [-0.2, -0.15) is 0 Å². The molecule has 0 aromatic carbocycles. The van der Waals surface area contributed by atoms with Crippen molar-refractivity contribution in [3.8, 4) is 0 Å². The van der Waals surface area contributed by atoms with Crippen molar-refractivity contribution in [3.63, 3.8) is 0 Å². The summed E-state index contributed by atoms with van der Waals surface area (Å²) >= 11 is 0. The van der Waals surface area contributed by atoms with Crippen LogP contribution >= 0.6 is 0 Å². The first-order valence-electron chi connectivity index (χ1n) is 6.86. The van der Waals surface area contributed by atoms with Gasteiger partial charge < -0.3 is 10.2 Å². The molecule has 0 heterocycles. The van der Waals surface area contributed by atoms with E-state index in [1.54, 1.807) is 13.0 Å². The monoisotopic (exact) mass is 252 g/mol. The van der Waals surface area contributed by atoms with Gasteiger partial charge in [0.25, 0.3) is 0 Å². The summed E-state index contributed by atoms with van der Waals surface area (Å²) in [4.78, 5) is 11.6. The Morgan fingerprint density at radius 2 is 2.22 bits per heavy atom. The minimum absolute atomic E-state index is 0.0672. The quantitative estimate of drug-likeness (QED) is 0.791. The number of allylic oxidation sites excluding steroid dienone is 2. The van der Waals surface area contributed by atoms with Crippen LogP contribution in [0.25, 0.3) is 0 Å². The van der Waals surface area contributed by atoms with Gasteiger partial charge in [-0.15, -0.1) is 0 Å². The van der Waals surface area contributed by atoms with Crippen LogP contribution in [0.2, 0.25) is 0 Å². The molecule has 0 amide bonds. The topological polar surface area (TPSA) is 57.5 Å². The summed E-state index contributed by atoms with van der Waals surface area (Å²) in [6.07, 6.45) is 5.24. The largest absolute Gasteiger partial charge is 0.393 e. The van der Waals surface area contributed by atoms with Crippen molar-refractivity contribution in [2.45, 2.75) is 52.1 Å². The van der Waals surface area contributed by atoms with Crippen molar-refractivity contribution in [2.24, 2.45) is 17.3 Å². The molecule has 0 saturated heterocycles. The summed E-state index contributed by atoms with van der Waals surface area (Å²) in [5, 5.41) is 19.5. The highest BCUT2D eigenvalue weighted by Gasteiger charge is 2.50. The summed E-state index contributed by atoms with van der Waals surface area (Å²) in [5.74, 6) is 0.694. The molecule has 2 aliphatic rings. The fraction of sp³-hybridized carbons (Fsp3) is 0.800. The number of ketones is 1. The van der Waals surface area contributed by atoms with Crippen LogP contribution in [0.15, 0.2) is 11.6 Å². The number of hydrogen-bond acceptors (Lipinski definition) is 3. The molecule has 1 spiro atoms. The van der Waals surface area contributed by atoms with E-state index in [0.29, 0.717) is 12.3 Å². The van der Waals surface area contributed by atoms with E-state index in [-0.39, 0.29) is 23.7 Å². The molecule has 2 unspecified atom stereocenters. The second-order valence-electron chi connectivity index (χ2n) is 6.51. The molecular weight excluding hydrogens is 228 g/mol. The number of carbonyl (C=O) groups excluding carboxylic acids is 1. The Morgan fingerprint density at radius 3 is 2.78 bits per heavy atom. The summed E-state index contributed by atoms with van der Waals surface area (Å²) in [5.41, 5.74) is 0.241. The standard InChI is InChI=1S/C15H24O3/c1-10-6-13(17)7-11(2)15(10)5-4-12(8-15)14(3,18)9-16/h6,11-12,16,18H,4-5,7-9H2,1-3H3/t11?,12-,14?,15+/m1/s1. The van der Waals surface area contributed by atoms with Gasteiger partial charge in [0.15, 0.2) is 5.78 Å². The van der Waals surface area contributed by atoms with Crippen LogP contribution in [0.1, 0.15) is 46.5 Å². The molecule has 0 bridgehead atoms. The van der Waals surface area contributed by atoms with Crippen LogP contribution in [0.5, 0.6) is 0 Å². The lowest BCUT2D eigenvalue weighted by atomic mass is 9.64. The molecule has 2 aliphatic carbocycles. The van der Waals surface area contributed by atoms with E-state index in [1.165, 1.54) is 5.57 Å². The van der Waals surface area contributed by atoms with Crippen molar-refractivity contribution in [1.82, 2.24) is 0 Å². The normalized spacial score (nSPS) is 39.8. The number of rotatable bonds is 2. The Balaban J connectivity index is 2.25. The summed E-state index contributed by atoms with van der Waals surface area (Å²) in [7, 11) is 0. The molecule has 0 aromatic rings. The molecule has 0 radical (unpaired) electrons. The van der Waals surface area contributed by atoms with Gasteiger partial charge in [-0.25, -0.2) is 0 Å². The van der Waals surface area contributed by atoms with E-state index in [0.717, 1.165) is 19.3 Å². The molecule has 1 fully saturated rings. The highest BCUT2D eigenvalue weighted by molar-refractivity contribution is 5.91. The van der Waals surface area contributed by atoms with E-state index in [4.69, 9.17) is 0 Å². The first-order valence-corrected chi connectivity index (χ1v) is 6.86. The van der Waals surface area contributed by atoms with E-state index >= 15 is 0 Å². The fourth-order valence-electron chi connectivity index (χ4n) is 3.87. The zero-order chi connectivity index (χ0) is 13.6. The maximum absolute atomic E-state index is 11.6. The van der Waals surface area contributed by atoms with Crippen LogP contribution < -0.4 is 0 Å². The lowest BCUT2D eigenvalue weighted by Crippen LogP contribution is -2.39. The van der Waals surface area contributed by atoms with Crippen LogP contribution in [0.3, 0.4) is 0 Å². The number of aliphatic hydroxyl groups is 2. The lowest BCUT2D eigenvalue weighted by molar-refractivity contribution is -0.117. The molecule has 102 valence electrons. The third-order valence-electron chi connectivity index (χ3n) is 5.36. The molecule has 2 rings (SSSR count). The Bertz CT molecular complexity index is 383. The fourth-order valence-corrected chi connectivity index (χ4v) is 3.87. The van der Waals surface area contributed by atoms with Crippen LogP contribution in [0, 0.1) is 17.3 Å². The van der Waals surface area contributed by atoms with Crippen molar-refractivity contribution in [3.05, 3.63) is 11.6 Å². The molecule has 0 aliphatic heterocycles. The Kier molecular flexibility index (Phi) is 3.41. The third-order valence-corrected chi connectivity index (χ3v) is 5.36. The molecule has 1 saturated carbocycles. The second kappa shape index (κ2) is 4.46. The number of carbonyl (C=O) groups is 1. The third kappa shape index (κ3) is 2.04. The summed E-state index contributed by atoms with van der Waals surface area (Å²) in [6, 6.07) is 0. The SMILES string of the molecule is CC1=CC(=O)CC(C)[C@]12CC[C@@H](C(C)(O)CO)C2. The van der Waals surface area contributed by atoms with Gasteiger partial charge >= 0.3 is 0 Å². The van der Waals surface area contributed by atoms with Gasteiger partial charge in [0, 0.05) is 6.42 Å². The predicted octanol–water partition coefficient (Wildman–Crippen LogP) is 2.07. The highest BCUT2D eigenvalue weighted by atomic mass is 16.3. The van der Waals surface area contributed by atoms with Gasteiger partial charge in [-0.1, -0.05) is 12.5 Å². The van der Waals surface area contributed by atoms with Gasteiger partial charge in [0.2, 0.25) is 0 Å². The molecule has 3 nitrogen and oxygen atoms in total. The van der Waals surface area contributed by atoms with E-state index in [2.05, 4.69) is 6.92 Å². The minimum atomic E-state index is -0.995. The Hall–Kier alpha value is -0.670. The van der Waals surface area contributed by atoms with Crippen molar-refractivity contribution in [2.75, 3.05) is 6.61 Å². The smallest absolute Gasteiger partial charge is 0.155 e.